The summed E-state index contributed by atoms with van der Waals surface area (Å²) < 4.78 is 24.3. The van der Waals surface area contributed by atoms with Crippen molar-refractivity contribution in [1.29, 1.82) is 0 Å². The van der Waals surface area contributed by atoms with E-state index >= 15 is 0 Å². The number of sulfone groups is 1. The summed E-state index contributed by atoms with van der Waals surface area (Å²) in [5, 5.41) is 20.2. The average Bonchev–Trinajstić information content (AvgIpc) is 2.69. The zero-order valence-corrected chi connectivity index (χ0v) is 10.4. The molecule has 4 saturated carbocycles. The van der Waals surface area contributed by atoms with E-state index in [-0.39, 0.29) is 22.6 Å². The van der Waals surface area contributed by atoms with Gasteiger partial charge in [-0.2, -0.15) is 0 Å². The SMILES string of the molecule is O=S(=O)(c1ccccc1)[C@@]12[C@@H]3[C@@H](O)[C@@H](C[C@@H]31)[C@H]2O. The molecule has 0 spiro atoms. The van der Waals surface area contributed by atoms with Gasteiger partial charge in [0.25, 0.3) is 0 Å². The number of benzene rings is 1. The molecule has 0 unspecified atom stereocenters. The van der Waals surface area contributed by atoms with Gasteiger partial charge in [0.05, 0.1) is 17.1 Å². The van der Waals surface area contributed by atoms with Crippen LogP contribution in [0, 0.1) is 17.8 Å². The molecular weight excluding hydrogens is 252 g/mol. The quantitative estimate of drug-likeness (QED) is 0.802. The molecule has 6 atom stereocenters. The monoisotopic (exact) mass is 266 g/mol. The van der Waals surface area contributed by atoms with Gasteiger partial charge in [-0.05, 0) is 24.5 Å². The van der Waals surface area contributed by atoms with Crippen LogP contribution in [-0.2, 0) is 9.84 Å². The summed E-state index contributed by atoms with van der Waals surface area (Å²) in [6.45, 7) is 0. The van der Waals surface area contributed by atoms with Crippen LogP contribution in [0.1, 0.15) is 6.42 Å². The van der Waals surface area contributed by atoms with Crippen LogP contribution in [0.2, 0.25) is 0 Å². The Hall–Kier alpha value is -0.910. The van der Waals surface area contributed by atoms with E-state index < -0.39 is 26.8 Å². The molecule has 1 aromatic rings. The number of aliphatic hydroxyl groups excluding tert-OH is 2. The highest BCUT2D eigenvalue weighted by molar-refractivity contribution is 7.93. The minimum absolute atomic E-state index is 0.0577. The van der Waals surface area contributed by atoms with Crippen molar-refractivity contribution in [1.82, 2.24) is 0 Å². The van der Waals surface area contributed by atoms with Gasteiger partial charge in [0, 0.05) is 11.8 Å². The van der Waals surface area contributed by atoms with Crippen LogP contribution in [0.15, 0.2) is 35.2 Å². The van der Waals surface area contributed by atoms with E-state index in [9.17, 15) is 18.6 Å². The summed E-state index contributed by atoms with van der Waals surface area (Å²) in [6.07, 6.45) is -0.921. The predicted octanol–water partition coefficient (Wildman–Crippen LogP) is 0.200. The van der Waals surface area contributed by atoms with Gasteiger partial charge in [-0.15, -0.1) is 0 Å². The Kier molecular flexibility index (Phi) is 1.81. The third-order valence-corrected chi connectivity index (χ3v) is 7.78. The molecule has 1 aromatic carbocycles. The first-order chi connectivity index (χ1) is 8.53. The molecule has 4 aliphatic rings. The second-order valence-electron chi connectivity index (χ2n) is 5.64. The molecule has 0 amide bonds. The molecule has 5 rings (SSSR count). The molecule has 0 aliphatic heterocycles. The van der Waals surface area contributed by atoms with Crippen molar-refractivity contribution in [2.45, 2.75) is 28.3 Å². The zero-order valence-electron chi connectivity index (χ0n) is 9.60. The molecule has 4 fully saturated rings. The highest BCUT2D eigenvalue weighted by atomic mass is 32.2. The lowest BCUT2D eigenvalue weighted by atomic mass is 10.1. The van der Waals surface area contributed by atoms with Crippen LogP contribution in [-0.4, -0.2) is 35.6 Å². The number of aliphatic hydroxyl groups is 2. The average molecular weight is 266 g/mol. The number of hydrogen-bond donors (Lipinski definition) is 2. The lowest BCUT2D eigenvalue weighted by Gasteiger charge is -2.18. The van der Waals surface area contributed by atoms with Gasteiger partial charge in [-0.1, -0.05) is 18.2 Å². The van der Waals surface area contributed by atoms with Crippen LogP contribution in [0.5, 0.6) is 0 Å². The second-order valence-corrected chi connectivity index (χ2v) is 7.82. The Bertz CT molecular complexity index is 607. The first-order valence-electron chi connectivity index (χ1n) is 6.18. The van der Waals surface area contributed by atoms with Crippen molar-refractivity contribution in [2.75, 3.05) is 0 Å². The molecule has 0 aromatic heterocycles. The van der Waals surface area contributed by atoms with Gasteiger partial charge in [-0.25, -0.2) is 8.42 Å². The molecule has 0 saturated heterocycles. The maximum atomic E-state index is 12.7. The summed E-state index contributed by atoms with van der Waals surface area (Å²) >= 11 is 0. The summed E-state index contributed by atoms with van der Waals surface area (Å²) in [6, 6.07) is 8.26. The minimum Gasteiger partial charge on any atom is -0.392 e. The molecule has 4 aliphatic carbocycles. The van der Waals surface area contributed by atoms with Gasteiger partial charge in [-0.3, -0.25) is 0 Å². The third kappa shape index (κ3) is 0.888. The minimum atomic E-state index is -3.56. The van der Waals surface area contributed by atoms with E-state index in [1.54, 1.807) is 30.3 Å². The van der Waals surface area contributed by atoms with Crippen molar-refractivity contribution in [3.05, 3.63) is 30.3 Å². The summed E-state index contributed by atoms with van der Waals surface area (Å²) in [5.41, 5.74) is 0. The highest BCUT2D eigenvalue weighted by Gasteiger charge is 2.88. The molecule has 96 valence electrons. The van der Waals surface area contributed by atoms with Crippen molar-refractivity contribution in [2.24, 2.45) is 17.8 Å². The molecular formula is C13H14O4S. The first kappa shape index (κ1) is 11.0. The van der Waals surface area contributed by atoms with E-state index in [0.717, 1.165) is 0 Å². The Labute approximate surface area is 105 Å². The van der Waals surface area contributed by atoms with Crippen LogP contribution in [0.25, 0.3) is 0 Å². The molecule has 4 bridgehead atoms. The highest BCUT2D eigenvalue weighted by Crippen LogP contribution is 2.77. The van der Waals surface area contributed by atoms with Crippen LogP contribution < -0.4 is 0 Å². The molecule has 4 nitrogen and oxygen atoms in total. The topological polar surface area (TPSA) is 74.6 Å². The van der Waals surface area contributed by atoms with E-state index in [1.165, 1.54) is 0 Å². The standard InChI is InChI=1S/C13H14O4S/c14-11-8-6-9-10(11)13(9,12(8)15)18(16,17)7-4-2-1-3-5-7/h1-5,8-12,14-15H,6H2/t8-,9+,10+,11+,12-,13-/m1/s1. The number of hydrogen-bond acceptors (Lipinski definition) is 4. The van der Waals surface area contributed by atoms with E-state index in [1.807, 2.05) is 0 Å². The molecule has 2 N–H and O–H groups in total. The molecule has 0 heterocycles. The predicted molar refractivity (Wildman–Crippen MR) is 63.5 cm³/mol. The van der Waals surface area contributed by atoms with E-state index in [0.29, 0.717) is 6.42 Å². The Balaban J connectivity index is 1.87. The van der Waals surface area contributed by atoms with Gasteiger partial charge in [0.2, 0.25) is 0 Å². The largest absolute Gasteiger partial charge is 0.392 e. The number of rotatable bonds is 2. The van der Waals surface area contributed by atoms with Crippen molar-refractivity contribution < 1.29 is 18.6 Å². The van der Waals surface area contributed by atoms with Gasteiger partial charge >= 0.3 is 0 Å². The Morgan fingerprint density at radius 3 is 2.28 bits per heavy atom. The van der Waals surface area contributed by atoms with Crippen molar-refractivity contribution >= 4 is 9.84 Å². The maximum absolute atomic E-state index is 12.7. The smallest absolute Gasteiger partial charge is 0.187 e. The lowest BCUT2D eigenvalue weighted by Crippen LogP contribution is -2.36. The van der Waals surface area contributed by atoms with E-state index in [4.69, 9.17) is 0 Å². The van der Waals surface area contributed by atoms with Gasteiger partial charge in [0.1, 0.15) is 4.75 Å². The van der Waals surface area contributed by atoms with Crippen molar-refractivity contribution in [3.63, 3.8) is 0 Å². The van der Waals surface area contributed by atoms with Crippen LogP contribution >= 0.6 is 0 Å². The lowest BCUT2D eigenvalue weighted by molar-refractivity contribution is 0.0730. The Morgan fingerprint density at radius 1 is 1.17 bits per heavy atom. The van der Waals surface area contributed by atoms with Crippen molar-refractivity contribution in [3.8, 4) is 0 Å². The maximum Gasteiger partial charge on any atom is 0.187 e. The summed E-state index contributed by atoms with van der Waals surface area (Å²) in [4.78, 5) is 0.256. The fourth-order valence-electron chi connectivity index (χ4n) is 4.43. The fourth-order valence-corrected chi connectivity index (χ4v) is 7.08. The van der Waals surface area contributed by atoms with Gasteiger partial charge < -0.3 is 10.2 Å². The first-order valence-corrected chi connectivity index (χ1v) is 7.67. The molecule has 18 heavy (non-hydrogen) atoms. The second kappa shape index (κ2) is 2.98. The fraction of sp³-hybridized carbons (Fsp3) is 0.538. The van der Waals surface area contributed by atoms with E-state index in [2.05, 4.69) is 0 Å². The molecule has 5 heteroatoms. The third-order valence-electron chi connectivity index (χ3n) is 5.14. The van der Waals surface area contributed by atoms with Crippen LogP contribution in [0.4, 0.5) is 0 Å². The van der Waals surface area contributed by atoms with Crippen LogP contribution in [0.3, 0.4) is 0 Å². The zero-order chi connectivity index (χ0) is 12.7. The molecule has 0 radical (unpaired) electrons. The summed E-state index contributed by atoms with van der Waals surface area (Å²) in [5.74, 6) is -0.570. The summed E-state index contributed by atoms with van der Waals surface area (Å²) in [7, 11) is -3.56. The normalized spacial score (nSPS) is 48.4. The van der Waals surface area contributed by atoms with Gasteiger partial charge in [0.15, 0.2) is 9.84 Å². The Morgan fingerprint density at radius 2 is 1.83 bits per heavy atom.